The van der Waals surface area contributed by atoms with Crippen molar-refractivity contribution in [3.63, 3.8) is 0 Å². The summed E-state index contributed by atoms with van der Waals surface area (Å²) in [5.74, 6) is -0.0857. The molecule has 0 saturated carbocycles. The first kappa shape index (κ1) is 20.0. The number of hydrogen-bond acceptors (Lipinski definition) is 4. The molecule has 2 rings (SSSR count). The van der Waals surface area contributed by atoms with Crippen molar-refractivity contribution in [2.24, 2.45) is 0 Å². The Morgan fingerprint density at radius 2 is 1.92 bits per heavy atom. The normalized spacial score (nSPS) is 10.6. The predicted molar refractivity (Wildman–Crippen MR) is 107 cm³/mol. The Hall–Kier alpha value is -2.32. The van der Waals surface area contributed by atoms with E-state index >= 15 is 0 Å². The van der Waals surface area contributed by atoms with E-state index in [0.717, 1.165) is 0 Å². The highest BCUT2D eigenvalue weighted by Crippen LogP contribution is 2.35. The van der Waals surface area contributed by atoms with Crippen molar-refractivity contribution in [3.05, 3.63) is 61.5 Å². The van der Waals surface area contributed by atoms with Crippen LogP contribution >= 0.6 is 43.5 Å². The van der Waals surface area contributed by atoms with Crippen LogP contribution in [0.15, 0.2) is 50.9 Å². The molecule has 0 aromatic heterocycles. The molecule has 1 N–H and O–H groups in total. The van der Waals surface area contributed by atoms with E-state index in [0.29, 0.717) is 31.0 Å². The van der Waals surface area contributed by atoms with E-state index in [1.807, 2.05) is 12.1 Å². The molecule has 0 aliphatic rings. The van der Waals surface area contributed by atoms with Crippen molar-refractivity contribution in [2.45, 2.75) is 0 Å². The molecule has 5 nitrogen and oxygen atoms in total. The maximum atomic E-state index is 12.3. The first-order valence-electron chi connectivity index (χ1n) is 7.12. The molecule has 0 bridgehead atoms. The fourth-order valence-corrected chi connectivity index (χ4v) is 3.63. The smallest absolute Gasteiger partial charge is 0.266 e. The Morgan fingerprint density at radius 1 is 1.23 bits per heavy atom. The average Bonchev–Trinajstić information content (AvgIpc) is 2.59. The van der Waals surface area contributed by atoms with Crippen LogP contribution in [0.25, 0.3) is 6.08 Å². The van der Waals surface area contributed by atoms with E-state index in [2.05, 4.69) is 37.2 Å². The zero-order valence-electron chi connectivity index (χ0n) is 13.1. The third-order valence-corrected chi connectivity index (χ3v) is 4.47. The van der Waals surface area contributed by atoms with Crippen LogP contribution in [0.4, 0.5) is 5.69 Å². The summed E-state index contributed by atoms with van der Waals surface area (Å²) >= 11 is 12.6. The van der Waals surface area contributed by atoms with Gasteiger partial charge >= 0.3 is 0 Å². The van der Waals surface area contributed by atoms with Crippen molar-refractivity contribution >= 4 is 61.1 Å². The van der Waals surface area contributed by atoms with Crippen LogP contribution in [0.1, 0.15) is 5.56 Å². The van der Waals surface area contributed by atoms with Crippen molar-refractivity contribution in [2.75, 3.05) is 11.9 Å². The van der Waals surface area contributed by atoms with Crippen LogP contribution in [-0.4, -0.2) is 12.5 Å². The molecule has 2 aromatic carbocycles. The summed E-state index contributed by atoms with van der Waals surface area (Å²) in [6.45, 7) is -0.0993. The third-order valence-electron chi connectivity index (χ3n) is 3.06. The van der Waals surface area contributed by atoms with Gasteiger partial charge in [0.1, 0.15) is 23.5 Å². The molecule has 0 fully saturated rings. The molecular formula is C18H10Br2ClN3O2. The van der Waals surface area contributed by atoms with E-state index in [4.69, 9.17) is 21.6 Å². The molecule has 0 heterocycles. The molecule has 1 amide bonds. The first-order chi connectivity index (χ1) is 12.4. The molecule has 2 aromatic rings. The van der Waals surface area contributed by atoms with Crippen LogP contribution < -0.4 is 10.1 Å². The average molecular weight is 496 g/mol. The van der Waals surface area contributed by atoms with Gasteiger partial charge < -0.3 is 10.1 Å². The molecule has 0 aliphatic heterocycles. The van der Waals surface area contributed by atoms with Crippen molar-refractivity contribution in [1.82, 2.24) is 0 Å². The van der Waals surface area contributed by atoms with Gasteiger partial charge in [0.25, 0.3) is 5.91 Å². The fourth-order valence-electron chi connectivity index (χ4n) is 1.99. The molecule has 130 valence electrons. The summed E-state index contributed by atoms with van der Waals surface area (Å²) in [6, 6.07) is 13.8. The lowest BCUT2D eigenvalue weighted by molar-refractivity contribution is -0.112. The van der Waals surface area contributed by atoms with Gasteiger partial charge in [0.05, 0.1) is 8.95 Å². The highest BCUT2D eigenvalue weighted by molar-refractivity contribution is 9.11. The largest absolute Gasteiger partial charge is 0.476 e. The van der Waals surface area contributed by atoms with E-state index in [1.165, 1.54) is 6.08 Å². The lowest BCUT2D eigenvalue weighted by Crippen LogP contribution is -2.13. The minimum atomic E-state index is -0.549. The van der Waals surface area contributed by atoms with Crippen LogP contribution in [-0.2, 0) is 4.79 Å². The minimum absolute atomic E-state index is 0.0746. The van der Waals surface area contributed by atoms with Gasteiger partial charge in [0, 0.05) is 10.7 Å². The van der Waals surface area contributed by atoms with Gasteiger partial charge in [-0.1, -0.05) is 17.7 Å². The number of anilines is 1. The maximum absolute atomic E-state index is 12.3. The molecule has 26 heavy (non-hydrogen) atoms. The molecule has 0 unspecified atom stereocenters. The van der Waals surface area contributed by atoms with Crippen LogP contribution in [0, 0.1) is 22.7 Å². The van der Waals surface area contributed by atoms with Crippen LogP contribution in [0.3, 0.4) is 0 Å². The second-order valence-electron chi connectivity index (χ2n) is 4.89. The summed E-state index contributed by atoms with van der Waals surface area (Å²) in [4.78, 5) is 12.3. The van der Waals surface area contributed by atoms with Gasteiger partial charge in [0.15, 0.2) is 6.61 Å². The zero-order chi connectivity index (χ0) is 19.1. The Balaban J connectivity index is 2.27. The number of halogens is 3. The number of nitrogens with one attached hydrogen (secondary N) is 1. The lowest BCUT2D eigenvalue weighted by atomic mass is 10.1. The quantitative estimate of drug-likeness (QED) is 0.450. The Morgan fingerprint density at radius 3 is 2.50 bits per heavy atom. The van der Waals surface area contributed by atoms with Crippen LogP contribution in [0.2, 0.25) is 5.02 Å². The number of benzene rings is 2. The summed E-state index contributed by atoms with van der Waals surface area (Å²) in [5.41, 5.74) is 1.02. The van der Waals surface area contributed by atoms with Gasteiger partial charge in [-0.25, -0.2) is 0 Å². The SMILES string of the molecule is N#CCOc1c(Br)cc(/C=C(\C#N)C(=O)Nc2cccc(Cl)c2)cc1Br. The molecular weight excluding hydrogens is 485 g/mol. The maximum Gasteiger partial charge on any atom is 0.266 e. The lowest BCUT2D eigenvalue weighted by Gasteiger charge is -2.09. The molecule has 0 aliphatic carbocycles. The highest BCUT2D eigenvalue weighted by atomic mass is 79.9. The number of amides is 1. The van der Waals surface area contributed by atoms with E-state index < -0.39 is 5.91 Å². The highest BCUT2D eigenvalue weighted by Gasteiger charge is 2.12. The number of nitrogens with zero attached hydrogens (tertiary/aromatic N) is 2. The van der Waals surface area contributed by atoms with Gasteiger partial charge in [-0.3, -0.25) is 4.79 Å². The number of ether oxygens (including phenoxy) is 1. The molecule has 0 saturated heterocycles. The van der Waals surface area contributed by atoms with Crippen molar-refractivity contribution in [1.29, 1.82) is 10.5 Å². The zero-order valence-corrected chi connectivity index (χ0v) is 17.0. The third kappa shape index (κ3) is 5.34. The van der Waals surface area contributed by atoms with E-state index in [-0.39, 0.29) is 12.2 Å². The summed E-state index contributed by atoms with van der Waals surface area (Å²) in [6.07, 6.45) is 1.45. The topological polar surface area (TPSA) is 85.9 Å². The minimum Gasteiger partial charge on any atom is -0.476 e. The Kier molecular flexibility index (Phi) is 7.23. The molecule has 0 radical (unpaired) electrons. The van der Waals surface area contributed by atoms with Crippen molar-refractivity contribution < 1.29 is 9.53 Å². The number of hydrogen-bond donors (Lipinski definition) is 1. The molecule has 8 heteroatoms. The molecule has 0 atom stereocenters. The summed E-state index contributed by atoms with van der Waals surface area (Å²) in [7, 11) is 0. The van der Waals surface area contributed by atoms with Gasteiger partial charge in [-0.05, 0) is 73.8 Å². The molecule has 0 spiro atoms. The number of nitriles is 2. The summed E-state index contributed by atoms with van der Waals surface area (Å²) in [5, 5.41) is 21.0. The first-order valence-corrected chi connectivity index (χ1v) is 9.08. The van der Waals surface area contributed by atoms with Gasteiger partial charge in [-0.2, -0.15) is 10.5 Å². The standard InChI is InChI=1S/C18H10Br2ClN3O2/c19-15-7-11(8-16(20)17(15)26-5-4-22)6-12(10-23)18(25)24-14-3-1-2-13(21)9-14/h1-3,6-9H,5H2,(H,24,25)/b12-6+. The fraction of sp³-hybridized carbons (Fsp3) is 0.0556. The van der Waals surface area contributed by atoms with Crippen LogP contribution in [0.5, 0.6) is 5.75 Å². The Bertz CT molecular complexity index is 939. The Labute approximate surface area is 172 Å². The van der Waals surface area contributed by atoms with Gasteiger partial charge in [-0.15, -0.1) is 0 Å². The summed E-state index contributed by atoms with van der Waals surface area (Å²) < 4.78 is 6.48. The van der Waals surface area contributed by atoms with E-state index in [9.17, 15) is 10.1 Å². The second-order valence-corrected chi connectivity index (χ2v) is 7.04. The predicted octanol–water partition coefficient (Wildman–Crippen LogP) is 5.31. The second kappa shape index (κ2) is 9.40. The number of carbonyl (C=O) groups is 1. The van der Waals surface area contributed by atoms with Crippen molar-refractivity contribution in [3.8, 4) is 17.9 Å². The monoisotopic (exact) mass is 493 g/mol. The number of carbonyl (C=O) groups excluding carboxylic acids is 1. The number of rotatable bonds is 5. The van der Waals surface area contributed by atoms with E-state index in [1.54, 1.807) is 36.4 Å². The van der Waals surface area contributed by atoms with Gasteiger partial charge in [0.2, 0.25) is 0 Å².